The normalized spacial score (nSPS) is 25.9. The molecule has 3 heterocycles. The Kier molecular flexibility index (Phi) is 3.48. The SMILES string of the molecule is Nc1ccc(CN2CCN3CCCCC3C2)cn1. The number of piperazine rings is 1. The lowest BCUT2D eigenvalue weighted by molar-refractivity contribution is 0.0456. The van der Waals surface area contributed by atoms with Crippen LogP contribution in [-0.4, -0.2) is 47.0 Å². The van der Waals surface area contributed by atoms with Crippen LogP contribution in [-0.2, 0) is 6.54 Å². The van der Waals surface area contributed by atoms with Crippen molar-refractivity contribution in [3.63, 3.8) is 0 Å². The van der Waals surface area contributed by atoms with Gasteiger partial charge in [0.05, 0.1) is 0 Å². The zero-order chi connectivity index (χ0) is 12.4. The molecule has 0 aliphatic carbocycles. The predicted molar refractivity (Wildman–Crippen MR) is 73.1 cm³/mol. The topological polar surface area (TPSA) is 45.4 Å². The molecule has 2 fully saturated rings. The number of hydrogen-bond donors (Lipinski definition) is 1. The van der Waals surface area contributed by atoms with Crippen molar-refractivity contribution in [1.29, 1.82) is 0 Å². The molecule has 2 N–H and O–H groups in total. The first kappa shape index (κ1) is 11.9. The van der Waals surface area contributed by atoms with Crippen molar-refractivity contribution in [3.8, 4) is 0 Å². The number of fused-ring (bicyclic) bond motifs is 1. The number of nitrogen functional groups attached to an aromatic ring is 1. The van der Waals surface area contributed by atoms with Gasteiger partial charge in [-0.3, -0.25) is 9.80 Å². The molecule has 0 radical (unpaired) electrons. The van der Waals surface area contributed by atoms with E-state index in [0.29, 0.717) is 5.82 Å². The average Bonchev–Trinajstić information content (AvgIpc) is 2.41. The molecule has 1 aromatic rings. The van der Waals surface area contributed by atoms with Crippen molar-refractivity contribution >= 4 is 5.82 Å². The van der Waals surface area contributed by atoms with Crippen LogP contribution in [0.15, 0.2) is 18.3 Å². The summed E-state index contributed by atoms with van der Waals surface area (Å²) in [5.41, 5.74) is 6.89. The van der Waals surface area contributed by atoms with Gasteiger partial charge in [0.1, 0.15) is 5.82 Å². The molecule has 0 amide bonds. The van der Waals surface area contributed by atoms with Crippen molar-refractivity contribution in [2.24, 2.45) is 0 Å². The number of rotatable bonds is 2. The summed E-state index contributed by atoms with van der Waals surface area (Å²) in [4.78, 5) is 9.39. The first-order chi connectivity index (χ1) is 8.81. The van der Waals surface area contributed by atoms with Gasteiger partial charge in [-0.05, 0) is 31.0 Å². The van der Waals surface area contributed by atoms with E-state index in [-0.39, 0.29) is 0 Å². The van der Waals surface area contributed by atoms with E-state index in [2.05, 4.69) is 20.9 Å². The minimum Gasteiger partial charge on any atom is -0.384 e. The molecule has 4 nitrogen and oxygen atoms in total. The lowest BCUT2D eigenvalue weighted by Gasteiger charge is -2.44. The van der Waals surface area contributed by atoms with Gasteiger partial charge >= 0.3 is 0 Å². The van der Waals surface area contributed by atoms with Crippen LogP contribution < -0.4 is 5.73 Å². The molecule has 1 aromatic heterocycles. The van der Waals surface area contributed by atoms with Gasteiger partial charge in [-0.2, -0.15) is 0 Å². The fourth-order valence-corrected chi connectivity index (χ4v) is 3.15. The van der Waals surface area contributed by atoms with E-state index in [9.17, 15) is 0 Å². The molecule has 1 unspecified atom stereocenters. The number of anilines is 1. The molecule has 98 valence electrons. The third-order valence-electron chi connectivity index (χ3n) is 4.18. The Hall–Kier alpha value is -1.13. The van der Waals surface area contributed by atoms with Crippen LogP contribution in [0.2, 0.25) is 0 Å². The van der Waals surface area contributed by atoms with Gasteiger partial charge in [0.2, 0.25) is 0 Å². The van der Waals surface area contributed by atoms with Crippen LogP contribution in [0.4, 0.5) is 5.82 Å². The van der Waals surface area contributed by atoms with Crippen molar-refractivity contribution in [2.75, 3.05) is 31.9 Å². The van der Waals surface area contributed by atoms with E-state index in [1.165, 1.54) is 51.0 Å². The van der Waals surface area contributed by atoms with Crippen molar-refractivity contribution in [2.45, 2.75) is 31.8 Å². The quantitative estimate of drug-likeness (QED) is 0.855. The second kappa shape index (κ2) is 5.24. The van der Waals surface area contributed by atoms with E-state index >= 15 is 0 Å². The minimum absolute atomic E-state index is 0.607. The van der Waals surface area contributed by atoms with E-state index in [1.807, 2.05) is 12.3 Å². The standard InChI is InChI=1S/C14H22N4/c15-14-5-4-12(9-16-14)10-17-7-8-18-6-2-1-3-13(18)11-17/h4-5,9,13H,1-3,6-8,10-11H2,(H2,15,16). The molecular formula is C14H22N4. The predicted octanol–water partition coefficient (Wildman–Crippen LogP) is 1.33. The minimum atomic E-state index is 0.607. The molecule has 18 heavy (non-hydrogen) atoms. The summed E-state index contributed by atoms with van der Waals surface area (Å²) in [7, 11) is 0. The third kappa shape index (κ3) is 2.65. The first-order valence-corrected chi connectivity index (χ1v) is 6.98. The molecule has 3 rings (SSSR count). The maximum atomic E-state index is 5.62. The highest BCUT2D eigenvalue weighted by Crippen LogP contribution is 2.22. The summed E-state index contributed by atoms with van der Waals surface area (Å²) in [6.45, 7) is 5.94. The van der Waals surface area contributed by atoms with Gasteiger partial charge in [0.15, 0.2) is 0 Å². The van der Waals surface area contributed by atoms with Crippen LogP contribution in [0.5, 0.6) is 0 Å². The highest BCUT2D eigenvalue weighted by molar-refractivity contribution is 5.29. The maximum Gasteiger partial charge on any atom is 0.123 e. The van der Waals surface area contributed by atoms with Crippen molar-refractivity contribution in [1.82, 2.24) is 14.8 Å². The summed E-state index contributed by atoms with van der Waals surface area (Å²) in [6.07, 6.45) is 6.07. The number of aromatic nitrogens is 1. The van der Waals surface area contributed by atoms with Crippen LogP contribution >= 0.6 is 0 Å². The molecule has 0 spiro atoms. The Labute approximate surface area is 109 Å². The lowest BCUT2D eigenvalue weighted by Crippen LogP contribution is -2.54. The van der Waals surface area contributed by atoms with Crippen LogP contribution in [0.1, 0.15) is 24.8 Å². The Morgan fingerprint density at radius 3 is 3.00 bits per heavy atom. The number of pyridine rings is 1. The van der Waals surface area contributed by atoms with Gasteiger partial charge in [-0.15, -0.1) is 0 Å². The zero-order valence-electron chi connectivity index (χ0n) is 10.9. The van der Waals surface area contributed by atoms with E-state index < -0.39 is 0 Å². The van der Waals surface area contributed by atoms with Crippen LogP contribution in [0.3, 0.4) is 0 Å². The summed E-state index contributed by atoms with van der Waals surface area (Å²) in [5, 5.41) is 0. The molecule has 2 aliphatic heterocycles. The lowest BCUT2D eigenvalue weighted by atomic mass is 9.99. The molecular weight excluding hydrogens is 224 g/mol. The molecule has 0 saturated carbocycles. The molecule has 0 bridgehead atoms. The Morgan fingerprint density at radius 1 is 1.22 bits per heavy atom. The number of nitrogens with zero attached hydrogens (tertiary/aromatic N) is 3. The number of piperidine rings is 1. The van der Waals surface area contributed by atoms with Gasteiger partial charge in [-0.25, -0.2) is 4.98 Å². The molecule has 4 heteroatoms. The molecule has 2 saturated heterocycles. The summed E-state index contributed by atoms with van der Waals surface area (Å²) < 4.78 is 0. The fourth-order valence-electron chi connectivity index (χ4n) is 3.15. The monoisotopic (exact) mass is 246 g/mol. The third-order valence-corrected chi connectivity index (χ3v) is 4.18. The van der Waals surface area contributed by atoms with Crippen molar-refractivity contribution in [3.05, 3.63) is 23.9 Å². The number of nitrogens with two attached hydrogens (primary N) is 1. The average molecular weight is 246 g/mol. The van der Waals surface area contributed by atoms with E-state index in [4.69, 9.17) is 5.73 Å². The van der Waals surface area contributed by atoms with Crippen molar-refractivity contribution < 1.29 is 0 Å². The Bertz CT molecular complexity index is 389. The smallest absolute Gasteiger partial charge is 0.123 e. The molecule has 1 atom stereocenters. The summed E-state index contributed by atoms with van der Waals surface area (Å²) in [6, 6.07) is 4.77. The maximum absolute atomic E-state index is 5.62. The van der Waals surface area contributed by atoms with Gasteiger partial charge in [0.25, 0.3) is 0 Å². The summed E-state index contributed by atoms with van der Waals surface area (Å²) >= 11 is 0. The highest BCUT2D eigenvalue weighted by atomic mass is 15.3. The largest absolute Gasteiger partial charge is 0.384 e. The molecule has 2 aliphatic rings. The van der Waals surface area contributed by atoms with Gasteiger partial charge < -0.3 is 5.73 Å². The van der Waals surface area contributed by atoms with E-state index in [0.717, 1.165) is 12.6 Å². The van der Waals surface area contributed by atoms with Crippen LogP contribution in [0.25, 0.3) is 0 Å². The second-order valence-corrected chi connectivity index (χ2v) is 5.51. The Balaban J connectivity index is 1.59. The van der Waals surface area contributed by atoms with Crippen LogP contribution in [0, 0.1) is 0 Å². The summed E-state index contributed by atoms with van der Waals surface area (Å²) in [5.74, 6) is 0.607. The van der Waals surface area contributed by atoms with E-state index in [1.54, 1.807) is 0 Å². The fraction of sp³-hybridized carbons (Fsp3) is 0.643. The second-order valence-electron chi connectivity index (χ2n) is 5.51. The Morgan fingerprint density at radius 2 is 2.17 bits per heavy atom. The van der Waals surface area contributed by atoms with Gasteiger partial charge in [-0.1, -0.05) is 12.5 Å². The highest BCUT2D eigenvalue weighted by Gasteiger charge is 2.28. The van der Waals surface area contributed by atoms with Gasteiger partial charge in [0, 0.05) is 38.4 Å². The first-order valence-electron chi connectivity index (χ1n) is 6.98. The number of hydrogen-bond acceptors (Lipinski definition) is 4. The molecule has 0 aromatic carbocycles. The zero-order valence-corrected chi connectivity index (χ0v) is 10.9.